The van der Waals surface area contributed by atoms with Gasteiger partial charge < -0.3 is 5.73 Å². The third kappa shape index (κ3) is 2.95. The van der Waals surface area contributed by atoms with Gasteiger partial charge in [0.1, 0.15) is 11.6 Å². The van der Waals surface area contributed by atoms with Gasteiger partial charge in [0.05, 0.1) is 6.04 Å². The molecule has 0 aliphatic heterocycles. The molecule has 0 amide bonds. The highest BCUT2D eigenvalue weighted by molar-refractivity contribution is 5.26. The molecular weight excluding hydrogens is 246 g/mol. The molecule has 2 N–H and O–H groups in total. The van der Waals surface area contributed by atoms with E-state index in [0.29, 0.717) is 0 Å². The Labute approximate surface area is 114 Å². The fourth-order valence-corrected chi connectivity index (χ4v) is 2.71. The molecule has 0 aliphatic carbocycles. The van der Waals surface area contributed by atoms with Crippen LogP contribution in [-0.2, 0) is 0 Å². The topological polar surface area (TPSA) is 29.3 Å². The lowest BCUT2D eigenvalue weighted by molar-refractivity contribution is 0.0818. The lowest BCUT2D eigenvalue weighted by Crippen LogP contribution is -2.53. The zero-order valence-corrected chi connectivity index (χ0v) is 12.2. The molecule has 0 aliphatic rings. The van der Waals surface area contributed by atoms with Crippen LogP contribution in [0.15, 0.2) is 18.2 Å². The molecule has 2 nitrogen and oxygen atoms in total. The monoisotopic (exact) mass is 270 g/mol. The van der Waals surface area contributed by atoms with Crippen LogP contribution in [0.3, 0.4) is 0 Å². The van der Waals surface area contributed by atoms with Crippen molar-refractivity contribution in [2.75, 3.05) is 13.1 Å². The molecular formula is C15H24F2N2. The number of hydrogen-bond donors (Lipinski definition) is 1. The van der Waals surface area contributed by atoms with Crippen LogP contribution < -0.4 is 5.73 Å². The third-order valence-electron chi connectivity index (χ3n) is 4.18. The Kier molecular flexibility index (Phi) is 5.44. The first-order valence-electron chi connectivity index (χ1n) is 6.86. The summed E-state index contributed by atoms with van der Waals surface area (Å²) in [4.78, 5) is 2.16. The van der Waals surface area contributed by atoms with E-state index in [0.717, 1.165) is 19.5 Å². The Bertz CT molecular complexity index is 398. The van der Waals surface area contributed by atoms with Crippen molar-refractivity contribution >= 4 is 0 Å². The first kappa shape index (κ1) is 16.1. The molecule has 0 saturated heterocycles. The SMILES string of the molecule is CCN(CC)C(C)(CC)C(N)c1c(F)cccc1F. The zero-order valence-electron chi connectivity index (χ0n) is 12.2. The molecule has 1 rings (SSSR count). The predicted molar refractivity (Wildman–Crippen MR) is 74.9 cm³/mol. The van der Waals surface area contributed by atoms with Crippen molar-refractivity contribution in [2.24, 2.45) is 5.73 Å². The summed E-state index contributed by atoms with van der Waals surface area (Å²) in [7, 11) is 0. The van der Waals surface area contributed by atoms with E-state index >= 15 is 0 Å². The van der Waals surface area contributed by atoms with Crippen molar-refractivity contribution in [3.63, 3.8) is 0 Å². The van der Waals surface area contributed by atoms with Gasteiger partial charge in [0, 0.05) is 11.1 Å². The highest BCUT2D eigenvalue weighted by Crippen LogP contribution is 2.34. The Hall–Kier alpha value is -1.00. The van der Waals surface area contributed by atoms with Gasteiger partial charge in [-0.1, -0.05) is 26.8 Å². The van der Waals surface area contributed by atoms with Gasteiger partial charge in [-0.25, -0.2) is 8.78 Å². The lowest BCUT2D eigenvalue weighted by atomic mass is 9.83. The van der Waals surface area contributed by atoms with Crippen LogP contribution >= 0.6 is 0 Å². The summed E-state index contributed by atoms with van der Waals surface area (Å²) in [5, 5.41) is 0. The normalized spacial score (nSPS) is 16.4. The lowest BCUT2D eigenvalue weighted by Gasteiger charge is -2.44. The molecule has 108 valence electrons. The van der Waals surface area contributed by atoms with Crippen LogP contribution in [0.1, 0.15) is 45.7 Å². The first-order valence-corrected chi connectivity index (χ1v) is 6.86. The minimum atomic E-state index is -0.696. The van der Waals surface area contributed by atoms with E-state index in [1.54, 1.807) is 0 Å². The molecule has 0 heterocycles. The van der Waals surface area contributed by atoms with E-state index in [-0.39, 0.29) is 5.56 Å². The highest BCUT2D eigenvalue weighted by atomic mass is 19.1. The van der Waals surface area contributed by atoms with E-state index in [4.69, 9.17) is 5.73 Å². The number of likely N-dealkylation sites (N-methyl/N-ethyl adjacent to an activating group) is 1. The maximum atomic E-state index is 13.9. The Morgan fingerprint density at radius 3 is 2.00 bits per heavy atom. The number of benzene rings is 1. The van der Waals surface area contributed by atoms with Gasteiger partial charge in [-0.2, -0.15) is 0 Å². The molecule has 0 fully saturated rings. The van der Waals surface area contributed by atoms with Crippen molar-refractivity contribution in [1.29, 1.82) is 0 Å². The predicted octanol–water partition coefficient (Wildman–Crippen LogP) is 3.48. The number of nitrogens with two attached hydrogens (primary N) is 1. The average Bonchev–Trinajstić information content (AvgIpc) is 2.39. The number of halogens is 2. The fourth-order valence-electron chi connectivity index (χ4n) is 2.71. The second-order valence-electron chi connectivity index (χ2n) is 5.00. The molecule has 2 unspecified atom stereocenters. The fraction of sp³-hybridized carbons (Fsp3) is 0.600. The maximum Gasteiger partial charge on any atom is 0.130 e. The molecule has 0 bridgehead atoms. The van der Waals surface area contributed by atoms with Crippen molar-refractivity contribution < 1.29 is 8.78 Å². The second-order valence-corrected chi connectivity index (χ2v) is 5.00. The summed E-state index contributed by atoms with van der Waals surface area (Å²) in [6, 6.07) is 3.19. The molecule has 2 atom stereocenters. The van der Waals surface area contributed by atoms with Crippen LogP contribution in [0.2, 0.25) is 0 Å². The second kappa shape index (κ2) is 6.44. The molecule has 1 aromatic rings. The summed E-state index contributed by atoms with van der Waals surface area (Å²) in [6.07, 6.45) is 0.726. The Morgan fingerprint density at radius 2 is 1.63 bits per heavy atom. The minimum Gasteiger partial charge on any atom is -0.322 e. The van der Waals surface area contributed by atoms with E-state index in [1.807, 2.05) is 27.7 Å². The average molecular weight is 270 g/mol. The van der Waals surface area contributed by atoms with Gasteiger partial charge >= 0.3 is 0 Å². The van der Waals surface area contributed by atoms with E-state index < -0.39 is 23.2 Å². The van der Waals surface area contributed by atoms with Crippen molar-refractivity contribution in [1.82, 2.24) is 4.90 Å². The molecule has 0 spiro atoms. The van der Waals surface area contributed by atoms with Crippen molar-refractivity contribution in [3.8, 4) is 0 Å². The minimum absolute atomic E-state index is 0.0150. The van der Waals surface area contributed by atoms with E-state index in [9.17, 15) is 8.78 Å². The van der Waals surface area contributed by atoms with Gasteiger partial charge in [0.15, 0.2) is 0 Å². The van der Waals surface area contributed by atoms with Gasteiger partial charge in [-0.05, 0) is 38.6 Å². The summed E-state index contributed by atoms with van der Waals surface area (Å²) in [6.45, 7) is 9.62. The largest absolute Gasteiger partial charge is 0.322 e. The van der Waals surface area contributed by atoms with Gasteiger partial charge in [0.25, 0.3) is 0 Å². The molecule has 0 saturated carbocycles. The summed E-state index contributed by atoms with van der Waals surface area (Å²) in [5.74, 6) is -1.14. The molecule has 0 radical (unpaired) electrons. The molecule has 1 aromatic carbocycles. The quantitative estimate of drug-likeness (QED) is 0.857. The number of hydrogen-bond acceptors (Lipinski definition) is 2. The number of rotatable bonds is 6. The van der Waals surface area contributed by atoms with Crippen LogP contribution in [0.4, 0.5) is 8.78 Å². The van der Waals surface area contributed by atoms with E-state index in [1.165, 1.54) is 18.2 Å². The van der Waals surface area contributed by atoms with Crippen LogP contribution in [0, 0.1) is 11.6 Å². The van der Waals surface area contributed by atoms with Gasteiger partial charge in [-0.15, -0.1) is 0 Å². The summed E-state index contributed by atoms with van der Waals surface area (Å²) < 4.78 is 27.8. The molecule has 0 aromatic heterocycles. The van der Waals surface area contributed by atoms with Gasteiger partial charge in [0.2, 0.25) is 0 Å². The van der Waals surface area contributed by atoms with Crippen molar-refractivity contribution in [2.45, 2.75) is 45.7 Å². The van der Waals surface area contributed by atoms with Gasteiger partial charge in [-0.3, -0.25) is 4.90 Å². The maximum absolute atomic E-state index is 13.9. The third-order valence-corrected chi connectivity index (χ3v) is 4.18. The summed E-state index contributed by atoms with van der Waals surface area (Å²) >= 11 is 0. The number of nitrogens with zero attached hydrogens (tertiary/aromatic N) is 1. The van der Waals surface area contributed by atoms with Crippen LogP contribution in [0.5, 0.6) is 0 Å². The Morgan fingerprint density at radius 1 is 1.16 bits per heavy atom. The highest BCUT2D eigenvalue weighted by Gasteiger charge is 2.38. The zero-order chi connectivity index (χ0) is 14.6. The van der Waals surface area contributed by atoms with E-state index in [2.05, 4.69) is 4.90 Å². The summed E-state index contributed by atoms with van der Waals surface area (Å²) in [5.41, 5.74) is 5.74. The van der Waals surface area contributed by atoms with Crippen LogP contribution in [-0.4, -0.2) is 23.5 Å². The van der Waals surface area contributed by atoms with Crippen molar-refractivity contribution in [3.05, 3.63) is 35.4 Å². The smallest absolute Gasteiger partial charge is 0.130 e. The Balaban J connectivity index is 3.25. The first-order chi connectivity index (χ1) is 8.92. The molecule has 4 heteroatoms. The standard InChI is InChI=1S/C15H24F2N2/c1-5-15(4,19(6-2)7-3)14(18)13-11(16)9-8-10-12(13)17/h8-10,14H,5-7,18H2,1-4H3. The van der Waals surface area contributed by atoms with Crippen LogP contribution in [0.25, 0.3) is 0 Å². The molecule has 19 heavy (non-hydrogen) atoms.